The van der Waals surface area contributed by atoms with Crippen LogP contribution in [0.25, 0.3) is 0 Å². The second-order valence-electron chi connectivity index (χ2n) is 5.45. The summed E-state index contributed by atoms with van der Waals surface area (Å²) in [4.78, 5) is 23.6. The molecule has 1 saturated carbocycles. The van der Waals surface area contributed by atoms with E-state index in [1.54, 1.807) is 19.1 Å². The van der Waals surface area contributed by atoms with Crippen molar-refractivity contribution < 1.29 is 19.4 Å². The number of halogens is 2. The Kier molecular flexibility index (Phi) is 5.90. The van der Waals surface area contributed by atoms with Crippen LogP contribution >= 0.6 is 38.5 Å². The van der Waals surface area contributed by atoms with Crippen molar-refractivity contribution in [3.05, 3.63) is 25.7 Å². The fourth-order valence-electron chi connectivity index (χ4n) is 2.75. The molecule has 1 aliphatic carbocycles. The minimum absolute atomic E-state index is 0.0937. The van der Waals surface area contributed by atoms with Crippen molar-refractivity contribution >= 4 is 50.4 Å². The van der Waals surface area contributed by atoms with Gasteiger partial charge in [-0.05, 0) is 48.1 Å². The van der Waals surface area contributed by atoms with Crippen molar-refractivity contribution in [3.8, 4) is 5.75 Å². The van der Waals surface area contributed by atoms with Crippen LogP contribution in [0.4, 0.5) is 0 Å². The van der Waals surface area contributed by atoms with E-state index in [2.05, 4.69) is 21.2 Å². The molecule has 2 unspecified atom stereocenters. The lowest BCUT2D eigenvalue weighted by atomic mass is 9.90. The minimum Gasteiger partial charge on any atom is -0.507 e. The van der Waals surface area contributed by atoms with Crippen molar-refractivity contribution in [2.75, 3.05) is 13.2 Å². The Morgan fingerprint density at radius 1 is 1.57 bits per heavy atom. The summed E-state index contributed by atoms with van der Waals surface area (Å²) < 4.78 is 6.52. The van der Waals surface area contributed by atoms with Crippen LogP contribution < -0.4 is 11.1 Å². The SMILES string of the molecule is CCOC(=O)CC1(c2cc(Br)cc(I)c2O)CC1NC(=O)CN. The third-order valence-electron chi connectivity index (χ3n) is 3.93. The Morgan fingerprint density at radius 3 is 2.87 bits per heavy atom. The quantitative estimate of drug-likeness (QED) is 0.411. The fourth-order valence-corrected chi connectivity index (χ4v) is 4.26. The Labute approximate surface area is 156 Å². The first-order valence-corrected chi connectivity index (χ1v) is 9.04. The number of hydrogen-bond acceptors (Lipinski definition) is 5. The molecule has 0 bridgehead atoms. The Morgan fingerprint density at radius 2 is 2.26 bits per heavy atom. The number of hydrogen-bond donors (Lipinski definition) is 3. The van der Waals surface area contributed by atoms with E-state index in [0.717, 1.165) is 4.47 Å². The number of carbonyl (C=O) groups is 2. The highest BCUT2D eigenvalue weighted by Gasteiger charge is 2.58. The zero-order valence-corrected chi connectivity index (χ0v) is 16.3. The molecule has 0 saturated heterocycles. The van der Waals surface area contributed by atoms with E-state index in [1.165, 1.54) is 0 Å². The van der Waals surface area contributed by atoms with Crippen molar-refractivity contribution in [1.82, 2.24) is 5.32 Å². The van der Waals surface area contributed by atoms with Crippen molar-refractivity contribution in [2.45, 2.75) is 31.2 Å². The zero-order valence-electron chi connectivity index (χ0n) is 12.6. The van der Waals surface area contributed by atoms with E-state index in [1.807, 2.05) is 22.6 Å². The van der Waals surface area contributed by atoms with Gasteiger partial charge in [0.1, 0.15) is 5.75 Å². The lowest BCUT2D eigenvalue weighted by Crippen LogP contribution is -2.36. The van der Waals surface area contributed by atoms with Crippen LogP contribution in [0.1, 0.15) is 25.3 Å². The molecule has 0 spiro atoms. The second kappa shape index (κ2) is 7.35. The minimum atomic E-state index is -0.662. The number of nitrogens with one attached hydrogen (secondary N) is 1. The van der Waals surface area contributed by atoms with E-state index in [4.69, 9.17) is 10.5 Å². The monoisotopic (exact) mass is 496 g/mol. The number of phenolic OH excluding ortho intramolecular Hbond substituents is 1. The van der Waals surface area contributed by atoms with Crippen molar-refractivity contribution in [1.29, 1.82) is 0 Å². The van der Waals surface area contributed by atoms with Crippen LogP contribution in [0.15, 0.2) is 16.6 Å². The van der Waals surface area contributed by atoms with Crippen LogP contribution in [0.2, 0.25) is 0 Å². The molecular weight excluding hydrogens is 479 g/mol. The number of rotatable bonds is 6. The topological polar surface area (TPSA) is 102 Å². The van der Waals surface area contributed by atoms with Crippen molar-refractivity contribution in [2.24, 2.45) is 5.73 Å². The first kappa shape index (κ1) is 18.5. The molecule has 0 aliphatic heterocycles. The zero-order chi connectivity index (χ0) is 17.2. The second-order valence-corrected chi connectivity index (χ2v) is 7.53. The van der Waals surface area contributed by atoms with Gasteiger partial charge >= 0.3 is 5.97 Å². The molecule has 6 nitrogen and oxygen atoms in total. The molecule has 8 heteroatoms. The molecule has 2 rings (SSSR count). The highest BCUT2D eigenvalue weighted by atomic mass is 127. The van der Waals surface area contributed by atoms with Gasteiger partial charge in [0, 0.05) is 21.5 Å². The van der Waals surface area contributed by atoms with Gasteiger partial charge in [0.2, 0.25) is 5.91 Å². The van der Waals surface area contributed by atoms with Crippen LogP contribution in [-0.4, -0.2) is 36.2 Å². The number of aromatic hydroxyl groups is 1. The van der Waals surface area contributed by atoms with E-state index >= 15 is 0 Å². The van der Waals surface area contributed by atoms with Gasteiger partial charge in [0.15, 0.2) is 0 Å². The van der Waals surface area contributed by atoms with Gasteiger partial charge in [0.05, 0.1) is 23.1 Å². The fraction of sp³-hybridized carbons (Fsp3) is 0.467. The average Bonchev–Trinajstić information content (AvgIpc) is 3.15. The smallest absolute Gasteiger partial charge is 0.306 e. The number of phenols is 1. The molecule has 4 N–H and O–H groups in total. The van der Waals surface area contributed by atoms with Gasteiger partial charge in [-0.15, -0.1) is 0 Å². The summed E-state index contributed by atoms with van der Waals surface area (Å²) in [5.74, 6) is -0.515. The summed E-state index contributed by atoms with van der Waals surface area (Å²) >= 11 is 5.44. The van der Waals surface area contributed by atoms with Gasteiger partial charge in [-0.1, -0.05) is 15.9 Å². The van der Waals surface area contributed by atoms with Crippen LogP contribution in [0.5, 0.6) is 5.75 Å². The van der Waals surface area contributed by atoms with Gasteiger partial charge in [-0.2, -0.15) is 0 Å². The summed E-state index contributed by atoms with van der Waals surface area (Å²) in [6.45, 7) is 1.91. The molecule has 0 radical (unpaired) electrons. The first-order valence-electron chi connectivity index (χ1n) is 7.17. The predicted octanol–water partition coefficient (Wildman–Crippen LogP) is 1.80. The summed E-state index contributed by atoms with van der Waals surface area (Å²) in [6, 6.07) is 3.32. The third-order valence-corrected chi connectivity index (χ3v) is 5.21. The van der Waals surface area contributed by atoms with E-state index in [9.17, 15) is 14.7 Å². The maximum absolute atomic E-state index is 12.0. The summed E-state index contributed by atoms with van der Waals surface area (Å²) in [7, 11) is 0. The Balaban J connectivity index is 2.36. The van der Waals surface area contributed by atoms with Gasteiger partial charge in [-0.25, -0.2) is 0 Å². The lowest BCUT2D eigenvalue weighted by Gasteiger charge is -2.20. The van der Waals surface area contributed by atoms with E-state index < -0.39 is 5.41 Å². The van der Waals surface area contributed by atoms with Gasteiger partial charge in [-0.3, -0.25) is 9.59 Å². The number of carbonyl (C=O) groups excluding carboxylic acids is 2. The summed E-state index contributed by atoms with van der Waals surface area (Å²) in [5.41, 5.74) is 5.31. The number of benzene rings is 1. The highest BCUT2D eigenvalue weighted by molar-refractivity contribution is 14.1. The molecule has 0 aromatic heterocycles. The molecular formula is C15H18BrIN2O4. The van der Waals surface area contributed by atoms with Crippen molar-refractivity contribution in [3.63, 3.8) is 0 Å². The maximum Gasteiger partial charge on any atom is 0.306 e. The Hall–Kier alpha value is -0.870. The van der Waals surface area contributed by atoms with E-state index in [0.29, 0.717) is 15.6 Å². The molecule has 2 atom stereocenters. The average molecular weight is 497 g/mol. The standard InChI is InChI=1S/C15H18BrIN2O4/c1-2-23-13(21)6-15(5-11(15)19-12(20)7-18)9-3-8(16)4-10(17)14(9)22/h3-4,11,22H,2,5-7,18H2,1H3,(H,19,20). The van der Waals surface area contributed by atoms with E-state index in [-0.39, 0.29) is 43.2 Å². The summed E-state index contributed by atoms with van der Waals surface area (Å²) in [6.07, 6.45) is 0.647. The largest absolute Gasteiger partial charge is 0.507 e. The number of esters is 1. The Bertz CT molecular complexity index is 640. The molecule has 1 aromatic carbocycles. The number of nitrogens with two attached hydrogens (primary N) is 1. The molecule has 126 valence electrons. The normalized spacial score (nSPS) is 22.5. The summed E-state index contributed by atoms with van der Waals surface area (Å²) in [5, 5.41) is 13.2. The molecule has 23 heavy (non-hydrogen) atoms. The van der Waals surface area contributed by atoms with Crippen LogP contribution in [0, 0.1) is 3.57 Å². The molecule has 0 heterocycles. The maximum atomic E-state index is 12.0. The lowest BCUT2D eigenvalue weighted by molar-refractivity contribution is -0.144. The number of amides is 1. The first-order chi connectivity index (χ1) is 10.8. The van der Waals surface area contributed by atoms with Crippen LogP contribution in [0.3, 0.4) is 0 Å². The molecule has 1 fully saturated rings. The third kappa shape index (κ3) is 3.97. The highest BCUT2D eigenvalue weighted by Crippen LogP contribution is 2.55. The van der Waals surface area contributed by atoms with Gasteiger partial charge < -0.3 is 20.9 Å². The van der Waals surface area contributed by atoms with Crippen LogP contribution in [-0.2, 0) is 19.7 Å². The molecule has 1 aromatic rings. The number of ether oxygens (including phenoxy) is 1. The molecule has 1 amide bonds. The predicted molar refractivity (Wildman–Crippen MR) is 97.1 cm³/mol. The molecule has 1 aliphatic rings. The van der Waals surface area contributed by atoms with Gasteiger partial charge in [0.25, 0.3) is 0 Å².